The summed E-state index contributed by atoms with van der Waals surface area (Å²) in [6, 6.07) is 8.85. The Morgan fingerprint density at radius 2 is 2.12 bits per heavy atom. The molecule has 0 bridgehead atoms. The van der Waals surface area contributed by atoms with Crippen LogP contribution in [0, 0.1) is 0 Å². The number of benzene rings is 1. The molecular formula is C17H25BrIN7. The SMILES string of the molecule is CCNC(=NCc1nncn1C)NC1CCN(c2ccc(Br)cc2)C1.I. The molecule has 1 saturated heterocycles. The fraction of sp³-hybridized carbons (Fsp3) is 0.471. The summed E-state index contributed by atoms with van der Waals surface area (Å²) in [5.41, 5.74) is 1.26. The number of aromatic nitrogens is 3. The molecule has 2 heterocycles. The van der Waals surface area contributed by atoms with Crippen LogP contribution in [0.1, 0.15) is 19.2 Å². The van der Waals surface area contributed by atoms with Crippen molar-refractivity contribution in [2.45, 2.75) is 25.9 Å². The number of aliphatic imine (C=N–C) groups is 1. The Balaban J connectivity index is 0.00000243. The number of guanidine groups is 1. The molecule has 0 saturated carbocycles. The molecule has 1 aliphatic rings. The normalized spacial score (nSPS) is 17.1. The lowest BCUT2D eigenvalue weighted by Gasteiger charge is -2.20. The van der Waals surface area contributed by atoms with Gasteiger partial charge in [0.25, 0.3) is 0 Å². The summed E-state index contributed by atoms with van der Waals surface area (Å²) in [4.78, 5) is 7.04. The number of nitrogens with one attached hydrogen (secondary N) is 2. The summed E-state index contributed by atoms with van der Waals surface area (Å²) in [7, 11) is 1.93. The van der Waals surface area contributed by atoms with Crippen molar-refractivity contribution in [3.05, 3.63) is 40.9 Å². The molecule has 1 unspecified atom stereocenters. The Labute approximate surface area is 179 Å². The molecule has 26 heavy (non-hydrogen) atoms. The topological polar surface area (TPSA) is 70.4 Å². The number of hydrogen-bond donors (Lipinski definition) is 2. The lowest BCUT2D eigenvalue weighted by Crippen LogP contribution is -2.44. The maximum absolute atomic E-state index is 4.64. The second-order valence-electron chi connectivity index (χ2n) is 6.11. The molecule has 7 nitrogen and oxygen atoms in total. The van der Waals surface area contributed by atoms with Crippen molar-refractivity contribution < 1.29 is 0 Å². The van der Waals surface area contributed by atoms with Crippen LogP contribution in [0.25, 0.3) is 0 Å². The Morgan fingerprint density at radius 1 is 1.35 bits per heavy atom. The molecule has 0 spiro atoms. The van der Waals surface area contributed by atoms with Gasteiger partial charge in [-0.05, 0) is 37.6 Å². The first kappa shape index (κ1) is 20.9. The minimum absolute atomic E-state index is 0. The first-order valence-corrected chi connectivity index (χ1v) is 9.33. The number of nitrogens with zero attached hydrogens (tertiary/aromatic N) is 5. The van der Waals surface area contributed by atoms with Gasteiger partial charge in [0.15, 0.2) is 11.8 Å². The number of halogens is 2. The second-order valence-corrected chi connectivity index (χ2v) is 7.02. The number of rotatable bonds is 5. The molecular weight excluding hydrogens is 509 g/mol. The van der Waals surface area contributed by atoms with Crippen LogP contribution in [-0.4, -0.2) is 46.4 Å². The number of hydrogen-bond acceptors (Lipinski definition) is 4. The molecule has 9 heteroatoms. The average molecular weight is 534 g/mol. The summed E-state index contributed by atoms with van der Waals surface area (Å²) in [5, 5.41) is 14.8. The van der Waals surface area contributed by atoms with Crippen LogP contribution in [0.4, 0.5) is 5.69 Å². The highest BCUT2D eigenvalue weighted by Gasteiger charge is 2.23. The van der Waals surface area contributed by atoms with Crippen LogP contribution in [0.2, 0.25) is 0 Å². The van der Waals surface area contributed by atoms with Crippen LogP contribution in [0.15, 0.2) is 40.1 Å². The summed E-state index contributed by atoms with van der Waals surface area (Å²) >= 11 is 3.49. The van der Waals surface area contributed by atoms with Crippen molar-refractivity contribution in [1.29, 1.82) is 0 Å². The Bertz CT molecular complexity index is 716. The number of anilines is 1. The summed E-state index contributed by atoms with van der Waals surface area (Å²) < 4.78 is 2.99. The minimum atomic E-state index is 0. The first-order chi connectivity index (χ1) is 12.2. The highest BCUT2D eigenvalue weighted by atomic mass is 127. The standard InChI is InChI=1S/C17H24BrN7.HI/c1-3-19-17(20-10-16-23-21-12-24(16)2)22-14-8-9-25(11-14)15-6-4-13(18)5-7-15;/h4-7,12,14H,3,8-11H2,1-2H3,(H2,19,20,22);1H. The Hall–Kier alpha value is -1.36. The molecule has 1 aromatic heterocycles. The van der Waals surface area contributed by atoms with Crippen LogP contribution < -0.4 is 15.5 Å². The first-order valence-electron chi connectivity index (χ1n) is 8.54. The maximum Gasteiger partial charge on any atom is 0.191 e. The van der Waals surface area contributed by atoms with Crippen molar-refractivity contribution in [1.82, 2.24) is 25.4 Å². The van der Waals surface area contributed by atoms with Gasteiger partial charge in [-0.1, -0.05) is 15.9 Å². The van der Waals surface area contributed by atoms with E-state index in [1.54, 1.807) is 6.33 Å². The monoisotopic (exact) mass is 533 g/mol. The van der Waals surface area contributed by atoms with Gasteiger partial charge in [-0.25, -0.2) is 4.99 Å². The van der Waals surface area contributed by atoms with Crippen molar-refractivity contribution in [3.8, 4) is 0 Å². The molecule has 1 fully saturated rings. The highest BCUT2D eigenvalue weighted by molar-refractivity contribution is 14.0. The van der Waals surface area contributed by atoms with E-state index in [9.17, 15) is 0 Å². The van der Waals surface area contributed by atoms with E-state index in [-0.39, 0.29) is 24.0 Å². The maximum atomic E-state index is 4.64. The van der Waals surface area contributed by atoms with Gasteiger partial charge in [-0.15, -0.1) is 34.2 Å². The van der Waals surface area contributed by atoms with Gasteiger partial charge in [-0.3, -0.25) is 0 Å². The zero-order valence-electron chi connectivity index (χ0n) is 15.0. The van der Waals surface area contributed by atoms with Crippen LogP contribution in [0.3, 0.4) is 0 Å². The molecule has 2 N–H and O–H groups in total. The predicted molar refractivity (Wildman–Crippen MR) is 119 cm³/mol. The zero-order valence-corrected chi connectivity index (χ0v) is 18.9. The van der Waals surface area contributed by atoms with Crippen molar-refractivity contribution >= 4 is 51.6 Å². The van der Waals surface area contributed by atoms with E-state index in [1.807, 2.05) is 11.6 Å². The van der Waals surface area contributed by atoms with Crippen molar-refractivity contribution in [2.24, 2.45) is 12.0 Å². The average Bonchev–Trinajstić information content (AvgIpc) is 3.23. The van der Waals surface area contributed by atoms with Gasteiger partial charge in [0.1, 0.15) is 12.9 Å². The van der Waals surface area contributed by atoms with E-state index < -0.39 is 0 Å². The summed E-state index contributed by atoms with van der Waals surface area (Å²) in [6.07, 6.45) is 2.78. The van der Waals surface area contributed by atoms with Crippen LogP contribution in [0.5, 0.6) is 0 Å². The molecule has 1 aromatic carbocycles. The van der Waals surface area contributed by atoms with Crippen LogP contribution in [-0.2, 0) is 13.6 Å². The molecule has 1 atom stereocenters. The van der Waals surface area contributed by atoms with Gasteiger partial charge in [-0.2, -0.15) is 0 Å². The third-order valence-corrected chi connectivity index (χ3v) is 4.78. The van der Waals surface area contributed by atoms with Crippen molar-refractivity contribution in [2.75, 3.05) is 24.5 Å². The fourth-order valence-electron chi connectivity index (χ4n) is 2.88. The van der Waals surface area contributed by atoms with E-state index in [0.717, 1.165) is 42.3 Å². The van der Waals surface area contributed by atoms with Gasteiger partial charge in [0.2, 0.25) is 0 Å². The Kier molecular flexibility index (Phi) is 8.14. The van der Waals surface area contributed by atoms with E-state index in [2.05, 4.69) is 77.8 Å². The molecule has 0 aliphatic carbocycles. The molecule has 1 aliphatic heterocycles. The van der Waals surface area contributed by atoms with E-state index in [4.69, 9.17) is 0 Å². The van der Waals surface area contributed by atoms with Crippen molar-refractivity contribution in [3.63, 3.8) is 0 Å². The molecule has 3 rings (SSSR count). The smallest absolute Gasteiger partial charge is 0.191 e. The van der Waals surface area contributed by atoms with E-state index >= 15 is 0 Å². The van der Waals surface area contributed by atoms with Gasteiger partial charge >= 0.3 is 0 Å². The van der Waals surface area contributed by atoms with Crippen LogP contribution >= 0.6 is 39.9 Å². The largest absolute Gasteiger partial charge is 0.369 e. The quantitative estimate of drug-likeness (QED) is 0.351. The lowest BCUT2D eigenvalue weighted by molar-refractivity contribution is 0.647. The third kappa shape index (κ3) is 5.57. The minimum Gasteiger partial charge on any atom is -0.369 e. The fourth-order valence-corrected chi connectivity index (χ4v) is 3.14. The summed E-state index contributed by atoms with van der Waals surface area (Å²) in [5.74, 6) is 1.67. The van der Waals surface area contributed by atoms with Gasteiger partial charge in [0, 0.05) is 42.9 Å². The predicted octanol–water partition coefficient (Wildman–Crippen LogP) is 2.53. The second kappa shape index (κ2) is 10.1. The number of aryl methyl sites for hydroxylation is 1. The van der Waals surface area contributed by atoms with Gasteiger partial charge < -0.3 is 20.1 Å². The summed E-state index contributed by atoms with van der Waals surface area (Å²) in [6.45, 7) is 5.42. The molecule has 142 valence electrons. The molecule has 0 amide bonds. The van der Waals surface area contributed by atoms with Gasteiger partial charge in [0.05, 0.1) is 0 Å². The molecule has 0 radical (unpaired) electrons. The Morgan fingerprint density at radius 3 is 2.77 bits per heavy atom. The lowest BCUT2D eigenvalue weighted by atomic mass is 10.3. The highest BCUT2D eigenvalue weighted by Crippen LogP contribution is 2.22. The van der Waals surface area contributed by atoms with E-state index in [1.165, 1.54) is 5.69 Å². The third-order valence-electron chi connectivity index (χ3n) is 4.25. The molecule has 2 aromatic rings. The van der Waals surface area contributed by atoms with E-state index in [0.29, 0.717) is 12.6 Å². The zero-order chi connectivity index (χ0) is 17.6.